The van der Waals surface area contributed by atoms with E-state index in [2.05, 4.69) is 127 Å². The molecule has 2 rings (SSSR count). The number of rotatable bonds is 3. The molecule has 0 aliphatic carbocycles. The molecule has 1 N–H and O–H groups in total. The Labute approximate surface area is 208 Å². The zero-order valence-electron chi connectivity index (χ0n) is 23.7. The quantitative estimate of drug-likeness (QED) is 0.454. The van der Waals surface area contributed by atoms with Crippen molar-refractivity contribution in [2.45, 2.75) is 128 Å². The average Bonchev–Trinajstić information content (AvgIpc) is 2.59. The van der Waals surface area contributed by atoms with E-state index in [4.69, 9.17) is 0 Å². The minimum atomic E-state index is -0.142. The van der Waals surface area contributed by atoms with E-state index in [-0.39, 0.29) is 26.4 Å². The van der Waals surface area contributed by atoms with Crippen molar-refractivity contribution in [3.8, 4) is 5.75 Å². The number of hydrogen-bond donors (Lipinski definition) is 1. The van der Waals surface area contributed by atoms with Crippen LogP contribution < -0.4 is 0 Å². The predicted molar refractivity (Wildman–Crippen MR) is 147 cm³/mol. The summed E-state index contributed by atoms with van der Waals surface area (Å²) in [6.07, 6.45) is 0. The van der Waals surface area contributed by atoms with Crippen LogP contribution in [0.5, 0.6) is 5.75 Å². The molecule has 0 bridgehead atoms. The molecule has 0 unspecified atom stereocenters. The molecule has 2 heteroatoms. The number of phenols is 1. The average molecular weight is 468 g/mol. The Balaban J connectivity index is 2.68. The highest BCUT2D eigenvalue weighted by molar-refractivity contribution is 8.00. The normalized spacial score (nSPS) is 14.0. The van der Waals surface area contributed by atoms with E-state index < -0.39 is 0 Å². The van der Waals surface area contributed by atoms with Crippen LogP contribution in [-0.2, 0) is 26.4 Å². The SMILES string of the molecule is CC(C)(C)c1[c]c(C(C)(C)C)cc(C(C)(C)Sc2cc(C(C)(C)C)c(O)c(C(C)(C)C)c2)c1. The molecule has 1 nitrogen and oxygen atoms in total. The van der Waals surface area contributed by atoms with E-state index in [1.54, 1.807) is 0 Å². The Morgan fingerprint density at radius 2 is 0.939 bits per heavy atom. The van der Waals surface area contributed by atoms with Crippen molar-refractivity contribution in [2.24, 2.45) is 0 Å². The molecule has 0 atom stereocenters. The van der Waals surface area contributed by atoms with Crippen LogP contribution in [0.15, 0.2) is 29.2 Å². The van der Waals surface area contributed by atoms with Crippen molar-refractivity contribution in [3.05, 3.63) is 58.1 Å². The molecule has 33 heavy (non-hydrogen) atoms. The second-order valence-electron chi connectivity index (χ2n) is 14.2. The van der Waals surface area contributed by atoms with Gasteiger partial charge in [-0.1, -0.05) is 95.2 Å². The highest BCUT2D eigenvalue weighted by atomic mass is 32.2. The fraction of sp³-hybridized carbons (Fsp3) is 0.613. The third-order valence-corrected chi connectivity index (χ3v) is 7.47. The van der Waals surface area contributed by atoms with Gasteiger partial charge in [0.1, 0.15) is 5.75 Å². The lowest BCUT2D eigenvalue weighted by Gasteiger charge is -2.32. The van der Waals surface area contributed by atoms with Crippen LogP contribution in [0, 0.1) is 6.07 Å². The molecule has 0 aliphatic rings. The molecule has 0 spiro atoms. The van der Waals surface area contributed by atoms with Crippen molar-refractivity contribution < 1.29 is 5.11 Å². The summed E-state index contributed by atoms with van der Waals surface area (Å²) in [5, 5.41) is 11.1. The highest BCUT2D eigenvalue weighted by Crippen LogP contribution is 2.47. The van der Waals surface area contributed by atoms with Crippen molar-refractivity contribution in [2.75, 3.05) is 0 Å². The number of thioether (sulfide) groups is 1. The summed E-state index contributed by atoms with van der Waals surface area (Å²) in [5.74, 6) is 0.441. The number of hydrogen-bond acceptors (Lipinski definition) is 2. The number of benzene rings is 2. The maximum Gasteiger partial charge on any atom is 0.123 e. The summed E-state index contributed by atoms with van der Waals surface area (Å²) in [6.45, 7) is 31.2. The minimum absolute atomic E-state index is 0.0358. The molecule has 1 radical (unpaired) electrons. The number of phenolic OH excluding ortho intramolecular Hbond substituents is 1. The van der Waals surface area contributed by atoms with Gasteiger partial charge in [-0.3, -0.25) is 0 Å². The second-order valence-corrected chi connectivity index (χ2v) is 15.9. The van der Waals surface area contributed by atoms with Crippen LogP contribution >= 0.6 is 11.8 Å². The van der Waals surface area contributed by atoms with Gasteiger partial charge in [-0.05, 0) is 70.4 Å². The third kappa shape index (κ3) is 6.59. The first-order valence-electron chi connectivity index (χ1n) is 12.2. The summed E-state index contributed by atoms with van der Waals surface area (Å²) in [6, 6.07) is 12.8. The van der Waals surface area contributed by atoms with Gasteiger partial charge >= 0.3 is 0 Å². The lowest BCUT2D eigenvalue weighted by atomic mass is 9.78. The van der Waals surface area contributed by atoms with E-state index in [0.29, 0.717) is 5.75 Å². The first-order chi connectivity index (χ1) is 14.5. The first kappa shape index (κ1) is 27.8. The topological polar surface area (TPSA) is 20.2 Å². The maximum atomic E-state index is 11.1. The fourth-order valence-electron chi connectivity index (χ4n) is 3.89. The summed E-state index contributed by atoms with van der Waals surface area (Å²) < 4.78 is -0.142. The molecular weight excluding hydrogens is 420 g/mol. The van der Waals surface area contributed by atoms with Crippen LogP contribution in [0.2, 0.25) is 0 Å². The molecule has 0 amide bonds. The van der Waals surface area contributed by atoms with Crippen molar-refractivity contribution in [3.63, 3.8) is 0 Å². The van der Waals surface area contributed by atoms with E-state index in [0.717, 1.165) is 11.1 Å². The fourth-order valence-corrected chi connectivity index (χ4v) is 5.07. The van der Waals surface area contributed by atoms with Gasteiger partial charge in [0.25, 0.3) is 0 Å². The second kappa shape index (κ2) is 8.67. The van der Waals surface area contributed by atoms with E-state index in [1.807, 2.05) is 11.8 Å². The largest absolute Gasteiger partial charge is 0.507 e. The van der Waals surface area contributed by atoms with Crippen molar-refractivity contribution >= 4 is 11.8 Å². The summed E-state index contributed by atoms with van der Waals surface area (Å²) in [7, 11) is 0. The Hall–Kier alpha value is -1.41. The highest BCUT2D eigenvalue weighted by Gasteiger charge is 2.31. The van der Waals surface area contributed by atoms with Crippen LogP contribution in [0.3, 0.4) is 0 Å². The smallest absolute Gasteiger partial charge is 0.123 e. The van der Waals surface area contributed by atoms with Gasteiger partial charge in [0.15, 0.2) is 0 Å². The zero-order valence-corrected chi connectivity index (χ0v) is 24.5. The molecule has 2 aromatic carbocycles. The van der Waals surface area contributed by atoms with Crippen LogP contribution in [0.1, 0.15) is 125 Å². The molecule has 0 aliphatic heterocycles. The van der Waals surface area contributed by atoms with Gasteiger partial charge in [0.05, 0.1) is 0 Å². The van der Waals surface area contributed by atoms with Crippen LogP contribution in [0.25, 0.3) is 0 Å². The van der Waals surface area contributed by atoms with Gasteiger partial charge in [-0.2, -0.15) is 0 Å². The van der Waals surface area contributed by atoms with Crippen molar-refractivity contribution in [1.82, 2.24) is 0 Å². The molecule has 0 saturated heterocycles. The lowest BCUT2D eigenvalue weighted by molar-refractivity contribution is 0.422. The molecule has 0 saturated carbocycles. The van der Waals surface area contributed by atoms with Crippen LogP contribution in [-0.4, -0.2) is 5.11 Å². The van der Waals surface area contributed by atoms with Gasteiger partial charge < -0.3 is 5.11 Å². The Kier molecular flexibility index (Phi) is 7.31. The van der Waals surface area contributed by atoms with E-state index in [9.17, 15) is 5.11 Å². The van der Waals surface area contributed by atoms with Gasteiger partial charge in [-0.15, -0.1) is 11.8 Å². The molecule has 2 aromatic rings. The lowest BCUT2D eigenvalue weighted by Crippen LogP contribution is -2.21. The summed E-state index contributed by atoms with van der Waals surface area (Å²) in [4.78, 5) is 1.20. The zero-order chi connectivity index (χ0) is 25.8. The Morgan fingerprint density at radius 1 is 0.576 bits per heavy atom. The molecule has 0 heterocycles. The van der Waals surface area contributed by atoms with Gasteiger partial charge in [0, 0.05) is 20.8 Å². The predicted octanol–water partition coefficient (Wildman–Crippen LogP) is 9.41. The molecule has 183 valence electrons. The number of aromatic hydroxyl groups is 1. The third-order valence-electron chi connectivity index (χ3n) is 6.25. The molecule has 0 aromatic heterocycles. The summed E-state index contributed by atoms with van der Waals surface area (Å²) in [5.41, 5.74) is 5.67. The maximum absolute atomic E-state index is 11.1. The van der Waals surface area contributed by atoms with Crippen LogP contribution in [0.4, 0.5) is 0 Å². The first-order valence-corrected chi connectivity index (χ1v) is 13.0. The monoisotopic (exact) mass is 467 g/mol. The molecular formula is C31H47OS. The van der Waals surface area contributed by atoms with Gasteiger partial charge in [-0.25, -0.2) is 0 Å². The summed E-state index contributed by atoms with van der Waals surface area (Å²) >= 11 is 1.88. The van der Waals surface area contributed by atoms with Gasteiger partial charge in [0.2, 0.25) is 0 Å². The standard InChI is InChI=1S/C31H47OS/c1-27(2,3)20-15-21(28(4,5)6)17-22(16-20)31(13,14)33-23-18-24(29(7,8)9)26(32)25(19-23)30(10,11)12/h16-19,32H,1-14H3. The Bertz CT molecular complexity index is 932. The Morgan fingerprint density at radius 3 is 1.24 bits per heavy atom. The van der Waals surface area contributed by atoms with E-state index in [1.165, 1.54) is 21.6 Å². The van der Waals surface area contributed by atoms with Crippen molar-refractivity contribution in [1.29, 1.82) is 0 Å². The molecule has 0 fully saturated rings. The minimum Gasteiger partial charge on any atom is -0.507 e. The van der Waals surface area contributed by atoms with E-state index >= 15 is 0 Å².